The number of ether oxygens (including phenoxy) is 3. The van der Waals surface area contributed by atoms with Crippen LogP contribution in [0.1, 0.15) is 22.3 Å². The lowest BCUT2D eigenvalue weighted by atomic mass is 10.1. The molecule has 0 radical (unpaired) electrons. The molecule has 28 heavy (non-hydrogen) atoms. The summed E-state index contributed by atoms with van der Waals surface area (Å²) in [5.41, 5.74) is 1.74. The van der Waals surface area contributed by atoms with E-state index in [-0.39, 0.29) is 18.2 Å². The number of nitrogens with one attached hydrogen (secondary N) is 1. The number of benzene rings is 2. The van der Waals surface area contributed by atoms with Crippen molar-refractivity contribution in [2.24, 2.45) is 0 Å². The number of nitrogens with zero attached hydrogens (tertiary/aromatic N) is 1. The first kappa shape index (κ1) is 21.1. The van der Waals surface area contributed by atoms with Crippen LogP contribution in [0.2, 0.25) is 0 Å². The van der Waals surface area contributed by atoms with Gasteiger partial charge in [0.15, 0.2) is 11.5 Å². The average molecular weight is 386 g/mol. The molecule has 0 atom stereocenters. The summed E-state index contributed by atoms with van der Waals surface area (Å²) in [7, 11) is 7.90. The largest absolute Gasteiger partial charge is 0.497 e. The quantitative estimate of drug-likeness (QED) is 0.755. The first-order chi connectivity index (χ1) is 13.4. The zero-order valence-electron chi connectivity index (χ0n) is 16.9. The first-order valence-electron chi connectivity index (χ1n) is 8.80. The normalized spacial score (nSPS) is 10.2. The molecule has 0 unspecified atom stereocenters. The Labute approximate surface area is 165 Å². The fraction of sp³-hybridized carbons (Fsp3) is 0.333. The fourth-order valence-corrected chi connectivity index (χ4v) is 2.66. The van der Waals surface area contributed by atoms with E-state index < -0.39 is 0 Å². The van der Waals surface area contributed by atoms with Gasteiger partial charge in [-0.2, -0.15) is 0 Å². The number of hydrogen-bond donors (Lipinski definition) is 1. The highest BCUT2D eigenvalue weighted by Crippen LogP contribution is 2.34. The summed E-state index contributed by atoms with van der Waals surface area (Å²) in [6.45, 7) is 0. The lowest BCUT2D eigenvalue weighted by Gasteiger charge is -2.18. The minimum Gasteiger partial charge on any atom is -0.497 e. The third-order valence-electron chi connectivity index (χ3n) is 4.23. The van der Waals surface area contributed by atoms with Crippen LogP contribution in [-0.4, -0.2) is 52.1 Å². The third-order valence-corrected chi connectivity index (χ3v) is 4.23. The molecule has 150 valence electrons. The predicted octanol–water partition coefficient (Wildman–Crippen LogP) is 2.99. The maximum atomic E-state index is 12.5. The molecule has 0 aliphatic carbocycles. The molecule has 0 heterocycles. The van der Waals surface area contributed by atoms with Crippen LogP contribution in [-0.2, 0) is 11.2 Å². The molecule has 0 aromatic heterocycles. The van der Waals surface area contributed by atoms with E-state index in [4.69, 9.17) is 14.2 Å². The number of aryl methyl sites for hydroxylation is 1. The second kappa shape index (κ2) is 9.64. The van der Waals surface area contributed by atoms with Crippen molar-refractivity contribution in [2.75, 3.05) is 40.7 Å². The molecule has 0 saturated heterocycles. The van der Waals surface area contributed by atoms with Gasteiger partial charge in [-0.15, -0.1) is 0 Å². The van der Waals surface area contributed by atoms with Crippen LogP contribution in [0.4, 0.5) is 5.69 Å². The molecule has 0 bridgehead atoms. The number of hydrogen-bond acceptors (Lipinski definition) is 5. The van der Waals surface area contributed by atoms with Crippen LogP contribution in [0.25, 0.3) is 0 Å². The Balaban J connectivity index is 2.17. The summed E-state index contributed by atoms with van der Waals surface area (Å²) in [5.74, 6) is 1.18. The zero-order valence-corrected chi connectivity index (χ0v) is 16.9. The van der Waals surface area contributed by atoms with Gasteiger partial charge in [0.2, 0.25) is 5.91 Å². The Hall–Kier alpha value is -3.22. The van der Waals surface area contributed by atoms with Crippen molar-refractivity contribution in [1.29, 1.82) is 0 Å². The number of methoxy groups -OCH3 is 3. The lowest BCUT2D eigenvalue weighted by Crippen LogP contribution is -2.24. The Morgan fingerprint density at radius 3 is 2.07 bits per heavy atom. The number of rotatable bonds is 8. The monoisotopic (exact) mass is 386 g/mol. The molecule has 1 N–H and O–H groups in total. The Bertz CT molecular complexity index is 831. The number of carbonyl (C=O) groups is 2. The van der Waals surface area contributed by atoms with E-state index in [0.29, 0.717) is 29.2 Å². The smallest absolute Gasteiger partial charge is 0.255 e. The van der Waals surface area contributed by atoms with Crippen LogP contribution < -0.4 is 19.5 Å². The fourth-order valence-electron chi connectivity index (χ4n) is 2.66. The molecule has 0 aliphatic heterocycles. The second-order valence-electron chi connectivity index (χ2n) is 6.35. The van der Waals surface area contributed by atoms with Crippen LogP contribution in [0.15, 0.2) is 36.4 Å². The maximum Gasteiger partial charge on any atom is 0.255 e. The highest BCUT2D eigenvalue weighted by molar-refractivity contribution is 6.04. The molecule has 2 rings (SSSR count). The van der Waals surface area contributed by atoms with E-state index in [2.05, 4.69) is 5.32 Å². The van der Waals surface area contributed by atoms with Gasteiger partial charge in [-0.05, 0) is 30.2 Å². The van der Waals surface area contributed by atoms with E-state index >= 15 is 0 Å². The molecule has 0 aliphatic rings. The van der Waals surface area contributed by atoms with Gasteiger partial charge in [0.25, 0.3) is 5.91 Å². The van der Waals surface area contributed by atoms with Gasteiger partial charge in [-0.25, -0.2) is 0 Å². The van der Waals surface area contributed by atoms with Crippen molar-refractivity contribution in [3.63, 3.8) is 0 Å². The first-order valence-corrected chi connectivity index (χ1v) is 8.80. The SMILES string of the molecule is COc1ccc(CCC(=O)Nc2cc(OC)c(OC)cc2C(=O)N(C)C)cc1. The molecule has 0 spiro atoms. The summed E-state index contributed by atoms with van der Waals surface area (Å²) in [6.07, 6.45) is 0.844. The highest BCUT2D eigenvalue weighted by Gasteiger charge is 2.19. The Morgan fingerprint density at radius 1 is 0.929 bits per heavy atom. The minimum atomic E-state index is -0.244. The van der Waals surface area contributed by atoms with Crippen molar-refractivity contribution in [2.45, 2.75) is 12.8 Å². The van der Waals surface area contributed by atoms with Crippen LogP contribution >= 0.6 is 0 Å². The second-order valence-corrected chi connectivity index (χ2v) is 6.35. The zero-order chi connectivity index (χ0) is 20.7. The number of anilines is 1. The molecule has 7 heteroatoms. The summed E-state index contributed by atoms with van der Waals surface area (Å²) in [4.78, 5) is 26.4. The Morgan fingerprint density at radius 2 is 1.54 bits per heavy atom. The van der Waals surface area contributed by atoms with Crippen molar-refractivity contribution in [3.05, 3.63) is 47.5 Å². The predicted molar refractivity (Wildman–Crippen MR) is 108 cm³/mol. The number of carbonyl (C=O) groups excluding carboxylic acids is 2. The highest BCUT2D eigenvalue weighted by atomic mass is 16.5. The van der Waals surface area contributed by atoms with E-state index in [1.165, 1.54) is 19.1 Å². The summed E-state index contributed by atoms with van der Waals surface area (Å²) in [5, 5.41) is 2.82. The summed E-state index contributed by atoms with van der Waals surface area (Å²) in [6, 6.07) is 10.7. The van der Waals surface area contributed by atoms with E-state index in [1.54, 1.807) is 33.3 Å². The Kier molecular flexibility index (Phi) is 7.26. The summed E-state index contributed by atoms with van der Waals surface area (Å²) < 4.78 is 15.7. The van der Waals surface area contributed by atoms with Gasteiger partial charge in [0.05, 0.1) is 32.6 Å². The molecular weight excluding hydrogens is 360 g/mol. The van der Waals surface area contributed by atoms with Gasteiger partial charge < -0.3 is 24.4 Å². The average Bonchev–Trinajstić information content (AvgIpc) is 2.71. The van der Waals surface area contributed by atoms with E-state index in [0.717, 1.165) is 11.3 Å². The number of amides is 2. The van der Waals surface area contributed by atoms with Gasteiger partial charge in [-0.1, -0.05) is 12.1 Å². The molecule has 2 aromatic rings. The topological polar surface area (TPSA) is 77.1 Å². The minimum absolute atomic E-state index is 0.198. The van der Waals surface area contributed by atoms with Crippen LogP contribution in [0.3, 0.4) is 0 Å². The van der Waals surface area contributed by atoms with Gasteiger partial charge >= 0.3 is 0 Å². The van der Waals surface area contributed by atoms with E-state index in [1.807, 2.05) is 24.3 Å². The molecule has 7 nitrogen and oxygen atoms in total. The molecule has 0 fully saturated rings. The molecule has 2 aromatic carbocycles. The van der Waals surface area contributed by atoms with Crippen LogP contribution in [0.5, 0.6) is 17.2 Å². The summed E-state index contributed by atoms with van der Waals surface area (Å²) >= 11 is 0. The van der Waals surface area contributed by atoms with Crippen LogP contribution in [0, 0.1) is 0 Å². The maximum absolute atomic E-state index is 12.5. The van der Waals surface area contributed by atoms with Crippen molar-refractivity contribution in [1.82, 2.24) is 4.90 Å². The van der Waals surface area contributed by atoms with Gasteiger partial charge in [0.1, 0.15) is 5.75 Å². The standard InChI is InChI=1S/C21H26N2O5/c1-23(2)21(25)16-12-18(27-4)19(28-5)13-17(16)22-20(24)11-8-14-6-9-15(26-3)10-7-14/h6-7,9-10,12-13H,8,11H2,1-5H3,(H,22,24). The molecule has 2 amide bonds. The molecule has 0 saturated carbocycles. The van der Waals surface area contributed by atoms with Gasteiger partial charge in [-0.3, -0.25) is 9.59 Å². The van der Waals surface area contributed by atoms with Crippen molar-refractivity contribution < 1.29 is 23.8 Å². The van der Waals surface area contributed by atoms with E-state index in [9.17, 15) is 9.59 Å². The van der Waals surface area contributed by atoms with Crippen molar-refractivity contribution >= 4 is 17.5 Å². The van der Waals surface area contributed by atoms with Gasteiger partial charge in [0, 0.05) is 26.6 Å². The third kappa shape index (κ3) is 5.16. The molecular formula is C21H26N2O5. The van der Waals surface area contributed by atoms with Crippen molar-refractivity contribution in [3.8, 4) is 17.2 Å². The lowest BCUT2D eigenvalue weighted by molar-refractivity contribution is -0.116.